The van der Waals surface area contributed by atoms with E-state index in [0.29, 0.717) is 12.5 Å². The van der Waals surface area contributed by atoms with E-state index in [4.69, 9.17) is 14.2 Å². The number of hydrogen-bond donors (Lipinski definition) is 0. The molecule has 20 heavy (non-hydrogen) atoms. The van der Waals surface area contributed by atoms with Crippen LogP contribution in [0.15, 0.2) is 12.2 Å². The Kier molecular flexibility index (Phi) is 12.1. The van der Waals surface area contributed by atoms with Gasteiger partial charge in [0.2, 0.25) is 0 Å². The number of hydrogen-bond acceptors (Lipinski definition) is 3. The van der Waals surface area contributed by atoms with Crippen LogP contribution in [0, 0.1) is 5.92 Å². The summed E-state index contributed by atoms with van der Waals surface area (Å²) in [5.41, 5.74) is 0. The van der Waals surface area contributed by atoms with E-state index < -0.39 is 5.79 Å². The second-order valence-corrected chi connectivity index (χ2v) is 5.44. The van der Waals surface area contributed by atoms with Crippen LogP contribution in [0.2, 0.25) is 0 Å². The van der Waals surface area contributed by atoms with Gasteiger partial charge in [-0.2, -0.15) is 0 Å². The molecule has 0 aromatic carbocycles. The lowest BCUT2D eigenvalue weighted by Gasteiger charge is -2.32. The molecule has 3 nitrogen and oxygen atoms in total. The second-order valence-electron chi connectivity index (χ2n) is 5.44. The molecular weight excluding hydrogens is 252 g/mol. The molecule has 0 heterocycles. The lowest BCUT2D eigenvalue weighted by atomic mass is 9.92. The Morgan fingerprint density at radius 2 is 1.65 bits per heavy atom. The summed E-state index contributed by atoms with van der Waals surface area (Å²) in [5, 5.41) is 0. The maximum Gasteiger partial charge on any atom is 0.191 e. The first-order valence-electron chi connectivity index (χ1n) is 7.90. The van der Waals surface area contributed by atoms with Crippen molar-refractivity contribution in [1.29, 1.82) is 0 Å². The van der Waals surface area contributed by atoms with Crippen molar-refractivity contribution >= 4 is 0 Å². The molecular formula is C17H34O3. The fraction of sp³-hybridized carbons (Fsp3) is 0.882. The Labute approximate surface area is 125 Å². The highest BCUT2D eigenvalue weighted by atomic mass is 16.7. The zero-order valence-corrected chi connectivity index (χ0v) is 14.1. The van der Waals surface area contributed by atoms with Crippen LogP contribution in [0.4, 0.5) is 0 Å². The van der Waals surface area contributed by atoms with Crippen LogP contribution in [-0.2, 0) is 14.2 Å². The van der Waals surface area contributed by atoms with Gasteiger partial charge in [0.15, 0.2) is 5.79 Å². The van der Waals surface area contributed by atoms with Gasteiger partial charge in [-0.25, -0.2) is 0 Å². The van der Waals surface area contributed by atoms with Gasteiger partial charge in [0.25, 0.3) is 0 Å². The molecule has 0 fully saturated rings. The molecule has 0 aromatic heterocycles. The second kappa shape index (κ2) is 12.4. The molecule has 0 amide bonds. The maximum atomic E-state index is 5.57. The highest BCUT2D eigenvalue weighted by Gasteiger charge is 2.32. The Balaban J connectivity index is 4.35. The van der Waals surface area contributed by atoms with Crippen molar-refractivity contribution in [3.8, 4) is 0 Å². The van der Waals surface area contributed by atoms with E-state index in [2.05, 4.69) is 26.0 Å². The summed E-state index contributed by atoms with van der Waals surface area (Å²) in [4.78, 5) is 0. The summed E-state index contributed by atoms with van der Waals surface area (Å²) in [6.07, 6.45) is 13.0. The summed E-state index contributed by atoms with van der Waals surface area (Å²) >= 11 is 0. The summed E-state index contributed by atoms with van der Waals surface area (Å²) in [7, 11) is 5.06. The van der Waals surface area contributed by atoms with Gasteiger partial charge in [0, 0.05) is 27.8 Å². The average molecular weight is 286 g/mol. The van der Waals surface area contributed by atoms with E-state index in [1.165, 1.54) is 38.5 Å². The molecule has 0 aliphatic rings. The van der Waals surface area contributed by atoms with E-state index in [9.17, 15) is 0 Å². The third-order valence-corrected chi connectivity index (χ3v) is 3.82. The van der Waals surface area contributed by atoms with E-state index >= 15 is 0 Å². The van der Waals surface area contributed by atoms with Crippen molar-refractivity contribution in [3.05, 3.63) is 12.2 Å². The minimum Gasteiger partial charge on any atom is -0.379 e. The summed E-state index contributed by atoms with van der Waals surface area (Å²) < 4.78 is 16.4. The normalized spacial score (nSPS) is 14.1. The van der Waals surface area contributed by atoms with Crippen LogP contribution in [-0.4, -0.2) is 33.7 Å². The molecule has 0 N–H and O–H groups in total. The first-order chi connectivity index (χ1) is 9.67. The van der Waals surface area contributed by atoms with Crippen molar-refractivity contribution in [2.75, 3.05) is 27.9 Å². The molecule has 1 atom stereocenters. The molecule has 0 rings (SSSR count). The molecule has 0 aliphatic heterocycles. The molecule has 0 aliphatic carbocycles. The summed E-state index contributed by atoms with van der Waals surface area (Å²) in [6, 6.07) is 0. The van der Waals surface area contributed by atoms with Gasteiger partial charge in [0.1, 0.15) is 6.61 Å². The zero-order chi connectivity index (χ0) is 15.3. The number of rotatable bonds is 13. The van der Waals surface area contributed by atoms with Crippen LogP contribution in [0.5, 0.6) is 0 Å². The Hall–Kier alpha value is -0.380. The monoisotopic (exact) mass is 286 g/mol. The number of ether oxygens (including phenoxy) is 3. The van der Waals surface area contributed by atoms with Gasteiger partial charge >= 0.3 is 0 Å². The molecule has 120 valence electrons. The highest BCUT2D eigenvalue weighted by molar-refractivity contribution is 4.89. The minimum absolute atomic E-state index is 0.462. The Morgan fingerprint density at radius 1 is 1.00 bits per heavy atom. The predicted octanol–water partition coefficient (Wildman–Crippen LogP) is 4.56. The standard InChI is InChI=1S/C17H34O3/c1-6-8-9-10-11-13-16(12-7-2)14-17(19-4,20-5)15-18-3/h7,12,16H,6,8-11,13-15H2,1-5H3. The molecule has 3 heteroatoms. The lowest BCUT2D eigenvalue weighted by Crippen LogP contribution is -2.40. The van der Waals surface area contributed by atoms with Gasteiger partial charge < -0.3 is 14.2 Å². The molecule has 0 bridgehead atoms. The Morgan fingerprint density at radius 3 is 2.15 bits per heavy atom. The van der Waals surface area contributed by atoms with Gasteiger partial charge in [-0.3, -0.25) is 0 Å². The van der Waals surface area contributed by atoms with Crippen molar-refractivity contribution in [2.45, 2.75) is 64.6 Å². The van der Waals surface area contributed by atoms with E-state index in [1.54, 1.807) is 21.3 Å². The molecule has 0 radical (unpaired) electrons. The fourth-order valence-electron chi connectivity index (χ4n) is 2.59. The van der Waals surface area contributed by atoms with Crippen molar-refractivity contribution in [1.82, 2.24) is 0 Å². The largest absolute Gasteiger partial charge is 0.379 e. The number of allylic oxidation sites excluding steroid dienone is 2. The SMILES string of the molecule is CC=CC(CCCCCCC)CC(COC)(OC)OC. The third-order valence-electron chi connectivity index (χ3n) is 3.82. The van der Waals surface area contributed by atoms with E-state index in [0.717, 1.165) is 6.42 Å². The van der Waals surface area contributed by atoms with Crippen molar-refractivity contribution in [2.24, 2.45) is 5.92 Å². The first-order valence-corrected chi connectivity index (χ1v) is 7.90. The van der Waals surface area contributed by atoms with Gasteiger partial charge in [-0.1, -0.05) is 51.2 Å². The van der Waals surface area contributed by atoms with Crippen LogP contribution in [0.1, 0.15) is 58.8 Å². The lowest BCUT2D eigenvalue weighted by molar-refractivity contribution is -0.239. The van der Waals surface area contributed by atoms with E-state index in [1.807, 2.05) is 0 Å². The molecule has 0 aromatic rings. The van der Waals surface area contributed by atoms with Gasteiger partial charge in [0.05, 0.1) is 0 Å². The first kappa shape index (κ1) is 19.6. The average Bonchev–Trinajstić information content (AvgIpc) is 2.46. The fourth-order valence-corrected chi connectivity index (χ4v) is 2.59. The highest BCUT2D eigenvalue weighted by Crippen LogP contribution is 2.27. The zero-order valence-electron chi connectivity index (χ0n) is 14.1. The predicted molar refractivity (Wildman–Crippen MR) is 84.9 cm³/mol. The van der Waals surface area contributed by atoms with Gasteiger partial charge in [-0.05, 0) is 19.3 Å². The van der Waals surface area contributed by atoms with Crippen LogP contribution in [0.3, 0.4) is 0 Å². The van der Waals surface area contributed by atoms with Gasteiger partial charge in [-0.15, -0.1) is 0 Å². The van der Waals surface area contributed by atoms with Crippen LogP contribution >= 0.6 is 0 Å². The summed E-state index contributed by atoms with van der Waals surface area (Å²) in [5.74, 6) is -0.140. The third kappa shape index (κ3) is 8.03. The van der Waals surface area contributed by atoms with Crippen molar-refractivity contribution < 1.29 is 14.2 Å². The molecule has 0 spiro atoms. The van der Waals surface area contributed by atoms with Crippen molar-refractivity contribution in [3.63, 3.8) is 0 Å². The maximum absolute atomic E-state index is 5.57. The molecule has 0 saturated carbocycles. The van der Waals surface area contributed by atoms with Crippen LogP contribution < -0.4 is 0 Å². The van der Waals surface area contributed by atoms with E-state index in [-0.39, 0.29) is 0 Å². The van der Waals surface area contributed by atoms with Crippen LogP contribution in [0.25, 0.3) is 0 Å². The Bertz CT molecular complexity index is 234. The summed E-state index contributed by atoms with van der Waals surface area (Å²) in [6.45, 7) is 4.78. The minimum atomic E-state index is -0.623. The number of unbranched alkanes of at least 4 members (excludes halogenated alkanes) is 4. The quantitative estimate of drug-likeness (QED) is 0.282. The molecule has 0 saturated heterocycles. The smallest absolute Gasteiger partial charge is 0.191 e. The topological polar surface area (TPSA) is 27.7 Å². The molecule has 1 unspecified atom stereocenters. The number of methoxy groups -OCH3 is 3.